The number of carboxylic acid groups (broad SMARTS) is 1. The molecule has 0 aromatic rings. The topological polar surface area (TPSA) is 37.3 Å². The highest BCUT2D eigenvalue weighted by Gasteiger charge is 2.40. The lowest BCUT2D eigenvalue weighted by Crippen LogP contribution is -2.37. The first-order valence-corrected chi connectivity index (χ1v) is 17.8. The molecule has 0 bridgehead atoms. The molecule has 0 aromatic carbocycles. The molecule has 0 aliphatic heterocycles. The minimum Gasteiger partial charge on any atom is -0.481 e. The molecule has 0 saturated heterocycles. The maximum Gasteiger partial charge on any atom is 0.309 e. The molecule has 0 aliphatic carbocycles. The summed E-state index contributed by atoms with van der Waals surface area (Å²) in [6, 6.07) is 0. The maximum absolute atomic E-state index is 12.4. The van der Waals surface area contributed by atoms with Crippen LogP contribution in [0.3, 0.4) is 0 Å². The van der Waals surface area contributed by atoms with Gasteiger partial charge in [-0.2, -0.15) is 0 Å². The number of hydrogen-bond acceptors (Lipinski definition) is 1. The number of carboxylic acids is 1. The van der Waals surface area contributed by atoms with Crippen LogP contribution in [0.15, 0.2) is 0 Å². The maximum atomic E-state index is 12.4. The Bertz CT molecular complexity index is 488. The van der Waals surface area contributed by atoms with E-state index in [9.17, 15) is 9.90 Å². The van der Waals surface area contributed by atoms with E-state index >= 15 is 0 Å². The minimum absolute atomic E-state index is 0.287. The van der Waals surface area contributed by atoms with Gasteiger partial charge in [-0.15, -0.1) is 0 Å². The van der Waals surface area contributed by atoms with E-state index in [2.05, 4.69) is 27.7 Å². The zero-order chi connectivity index (χ0) is 28.2. The van der Waals surface area contributed by atoms with E-state index in [-0.39, 0.29) is 5.92 Å². The van der Waals surface area contributed by atoms with E-state index in [0.29, 0.717) is 0 Å². The quantitative estimate of drug-likeness (QED) is 0.0894. The average Bonchev–Trinajstić information content (AvgIpc) is 2.91. The van der Waals surface area contributed by atoms with Crippen molar-refractivity contribution in [2.24, 2.45) is 11.3 Å². The zero-order valence-corrected chi connectivity index (χ0v) is 26.9. The van der Waals surface area contributed by atoms with Crippen molar-refractivity contribution < 1.29 is 9.90 Å². The van der Waals surface area contributed by atoms with Gasteiger partial charge in [0.1, 0.15) is 0 Å². The smallest absolute Gasteiger partial charge is 0.309 e. The first-order valence-electron chi connectivity index (χ1n) is 17.8. The Morgan fingerprint density at radius 2 is 0.789 bits per heavy atom. The molecular formula is C36H72O2. The van der Waals surface area contributed by atoms with Crippen LogP contribution in [0.2, 0.25) is 0 Å². The Labute approximate surface area is 240 Å². The van der Waals surface area contributed by atoms with Crippen LogP contribution in [-0.2, 0) is 4.79 Å². The lowest BCUT2D eigenvalue weighted by Gasteiger charge is -2.35. The van der Waals surface area contributed by atoms with Crippen molar-refractivity contribution in [2.45, 2.75) is 214 Å². The Kier molecular flexibility index (Phi) is 27.6. The minimum atomic E-state index is -0.541. The molecule has 228 valence electrons. The summed E-state index contributed by atoms with van der Waals surface area (Å²) in [7, 11) is 0. The summed E-state index contributed by atoms with van der Waals surface area (Å²) in [6.07, 6.45) is 38.0. The third-order valence-corrected chi connectivity index (χ3v) is 9.47. The molecule has 0 saturated carbocycles. The van der Waals surface area contributed by atoms with Crippen molar-refractivity contribution in [3.8, 4) is 0 Å². The molecule has 0 heterocycles. The monoisotopic (exact) mass is 537 g/mol. The number of carbonyl (C=O) groups is 1. The molecule has 0 aliphatic rings. The van der Waals surface area contributed by atoms with Crippen molar-refractivity contribution in [3.63, 3.8) is 0 Å². The second kappa shape index (κ2) is 28.0. The Balaban J connectivity index is 3.86. The van der Waals surface area contributed by atoms with E-state index in [1.165, 1.54) is 161 Å². The fraction of sp³-hybridized carbons (Fsp3) is 0.972. The van der Waals surface area contributed by atoms with E-state index < -0.39 is 11.4 Å². The molecule has 38 heavy (non-hydrogen) atoms. The molecule has 0 rings (SSSR count). The van der Waals surface area contributed by atoms with E-state index in [0.717, 1.165) is 25.7 Å². The van der Waals surface area contributed by atoms with E-state index in [1.807, 2.05) is 0 Å². The van der Waals surface area contributed by atoms with Crippen molar-refractivity contribution in [1.82, 2.24) is 0 Å². The molecule has 2 atom stereocenters. The van der Waals surface area contributed by atoms with E-state index in [4.69, 9.17) is 0 Å². The molecular weight excluding hydrogens is 464 g/mol. The molecule has 2 heteroatoms. The number of rotatable bonds is 31. The van der Waals surface area contributed by atoms with Crippen LogP contribution in [-0.4, -0.2) is 11.1 Å². The van der Waals surface area contributed by atoms with Crippen molar-refractivity contribution in [1.29, 1.82) is 0 Å². The highest BCUT2D eigenvalue weighted by molar-refractivity contribution is 5.74. The van der Waals surface area contributed by atoms with Gasteiger partial charge in [0.25, 0.3) is 0 Å². The second-order valence-electron chi connectivity index (χ2n) is 12.7. The fourth-order valence-corrected chi connectivity index (χ4v) is 6.44. The zero-order valence-electron chi connectivity index (χ0n) is 26.9. The van der Waals surface area contributed by atoms with Crippen LogP contribution in [0.1, 0.15) is 214 Å². The van der Waals surface area contributed by atoms with Gasteiger partial charge >= 0.3 is 5.97 Å². The Morgan fingerprint density at radius 3 is 1.08 bits per heavy atom. The fourth-order valence-electron chi connectivity index (χ4n) is 6.44. The normalized spacial score (nSPS) is 14.0. The van der Waals surface area contributed by atoms with Crippen molar-refractivity contribution in [2.75, 3.05) is 0 Å². The number of unbranched alkanes of at least 4 members (excludes halogenated alkanes) is 24. The molecule has 2 unspecified atom stereocenters. The molecule has 1 N–H and O–H groups in total. The number of hydrogen-bond donors (Lipinski definition) is 1. The molecule has 0 radical (unpaired) electrons. The summed E-state index contributed by atoms with van der Waals surface area (Å²) < 4.78 is 0. The summed E-state index contributed by atoms with van der Waals surface area (Å²) in [6.45, 7) is 8.90. The standard InChI is InChI=1S/C36H72O2/c1-5-8-10-12-14-16-18-20-22-24-26-28-30-32-34(4)36(7-3,35(37)38)33-31-29-27-25-23-21-19-17-15-13-11-9-6-2/h34H,5-33H2,1-4H3,(H,37,38). The van der Waals surface area contributed by atoms with Gasteiger partial charge < -0.3 is 5.11 Å². The van der Waals surface area contributed by atoms with Crippen molar-refractivity contribution in [3.05, 3.63) is 0 Å². The van der Waals surface area contributed by atoms with E-state index in [1.54, 1.807) is 0 Å². The highest BCUT2D eigenvalue weighted by atomic mass is 16.4. The van der Waals surface area contributed by atoms with Gasteiger partial charge in [0.05, 0.1) is 5.41 Å². The molecule has 2 nitrogen and oxygen atoms in total. The summed E-state index contributed by atoms with van der Waals surface area (Å²) in [5.74, 6) is -0.254. The summed E-state index contributed by atoms with van der Waals surface area (Å²) >= 11 is 0. The summed E-state index contributed by atoms with van der Waals surface area (Å²) in [5, 5.41) is 10.2. The lowest BCUT2D eigenvalue weighted by molar-refractivity contribution is -0.153. The van der Waals surface area contributed by atoms with Gasteiger partial charge in [-0.25, -0.2) is 0 Å². The Morgan fingerprint density at radius 1 is 0.500 bits per heavy atom. The van der Waals surface area contributed by atoms with Crippen LogP contribution < -0.4 is 0 Å². The first-order chi connectivity index (χ1) is 18.5. The SMILES string of the molecule is CCCCCCCCCCCCCCCC(C)C(CC)(CCCCCCCCCCCCCCC)C(=O)O. The van der Waals surface area contributed by atoms with Gasteiger partial charge in [0.2, 0.25) is 0 Å². The molecule has 0 amide bonds. The molecule has 0 spiro atoms. The predicted molar refractivity (Wildman–Crippen MR) is 170 cm³/mol. The third kappa shape index (κ3) is 20.4. The summed E-state index contributed by atoms with van der Waals surface area (Å²) in [5.41, 5.74) is -0.505. The van der Waals surface area contributed by atoms with Crippen LogP contribution in [0.25, 0.3) is 0 Å². The van der Waals surface area contributed by atoms with Crippen LogP contribution in [0.4, 0.5) is 0 Å². The van der Waals surface area contributed by atoms with Gasteiger partial charge in [-0.3, -0.25) is 4.79 Å². The number of aliphatic carboxylic acids is 1. The van der Waals surface area contributed by atoms with Crippen LogP contribution >= 0.6 is 0 Å². The molecule has 0 aromatic heterocycles. The Hall–Kier alpha value is -0.530. The lowest BCUT2D eigenvalue weighted by atomic mass is 9.69. The highest BCUT2D eigenvalue weighted by Crippen LogP contribution is 2.40. The first kappa shape index (κ1) is 37.5. The molecule has 0 fully saturated rings. The van der Waals surface area contributed by atoms with Crippen LogP contribution in [0, 0.1) is 11.3 Å². The van der Waals surface area contributed by atoms with Gasteiger partial charge in [-0.05, 0) is 25.2 Å². The van der Waals surface area contributed by atoms with Gasteiger partial charge in [-0.1, -0.05) is 195 Å². The van der Waals surface area contributed by atoms with Crippen molar-refractivity contribution >= 4 is 5.97 Å². The third-order valence-electron chi connectivity index (χ3n) is 9.47. The van der Waals surface area contributed by atoms with Gasteiger partial charge in [0, 0.05) is 0 Å². The summed E-state index contributed by atoms with van der Waals surface area (Å²) in [4.78, 5) is 12.4. The van der Waals surface area contributed by atoms with Crippen LogP contribution in [0.5, 0.6) is 0 Å². The van der Waals surface area contributed by atoms with Gasteiger partial charge in [0.15, 0.2) is 0 Å². The average molecular weight is 537 g/mol. The largest absolute Gasteiger partial charge is 0.481 e. The second-order valence-corrected chi connectivity index (χ2v) is 12.7. The predicted octanol–water partition coefficient (Wildman–Crippen LogP) is 13.1.